The van der Waals surface area contributed by atoms with Gasteiger partial charge in [-0.1, -0.05) is 12.1 Å². The number of ether oxygens (including phenoxy) is 1. The second-order valence-electron chi connectivity index (χ2n) is 4.77. The van der Waals surface area contributed by atoms with Crippen LogP contribution in [0.1, 0.15) is 12.5 Å². The summed E-state index contributed by atoms with van der Waals surface area (Å²) in [6, 6.07) is 10.9. The number of imidazole rings is 1. The number of nitrogen functional groups attached to an aromatic ring is 1. The highest BCUT2D eigenvalue weighted by Crippen LogP contribution is 2.21. The van der Waals surface area contributed by atoms with Crippen LogP contribution in [0, 0.1) is 0 Å². The number of ketones is 1. The highest BCUT2D eigenvalue weighted by atomic mass is 16.5. The summed E-state index contributed by atoms with van der Waals surface area (Å²) in [5, 5.41) is 4.27. The van der Waals surface area contributed by atoms with Gasteiger partial charge in [0.2, 0.25) is 5.88 Å². The van der Waals surface area contributed by atoms with Crippen molar-refractivity contribution in [2.45, 2.75) is 13.3 Å². The maximum absolute atomic E-state index is 11.2. The fourth-order valence-corrected chi connectivity index (χ4v) is 2.06. The highest BCUT2D eigenvalue weighted by Gasteiger charge is 2.05. The molecule has 0 bridgehead atoms. The van der Waals surface area contributed by atoms with Gasteiger partial charge in [0.25, 0.3) is 0 Å². The van der Waals surface area contributed by atoms with Gasteiger partial charge in [-0.15, -0.1) is 5.10 Å². The van der Waals surface area contributed by atoms with Crippen LogP contribution < -0.4 is 10.5 Å². The molecule has 2 aromatic heterocycles. The van der Waals surface area contributed by atoms with E-state index in [1.54, 1.807) is 29.8 Å². The SMILES string of the molecule is CC(=O)Cc1cccc(Oc2ccc3nc(N)cn3n2)c1. The molecule has 6 nitrogen and oxygen atoms in total. The van der Waals surface area contributed by atoms with E-state index >= 15 is 0 Å². The largest absolute Gasteiger partial charge is 0.438 e. The first-order valence-electron chi connectivity index (χ1n) is 6.48. The molecule has 106 valence electrons. The van der Waals surface area contributed by atoms with E-state index in [0.717, 1.165) is 5.56 Å². The van der Waals surface area contributed by atoms with E-state index in [9.17, 15) is 4.79 Å². The van der Waals surface area contributed by atoms with Gasteiger partial charge in [-0.05, 0) is 30.7 Å². The number of rotatable bonds is 4. The van der Waals surface area contributed by atoms with Gasteiger partial charge in [0.1, 0.15) is 17.4 Å². The Bertz CT molecular complexity index is 810. The average molecular weight is 282 g/mol. The second kappa shape index (κ2) is 5.24. The van der Waals surface area contributed by atoms with Crippen molar-refractivity contribution in [1.29, 1.82) is 0 Å². The molecule has 2 heterocycles. The van der Waals surface area contributed by atoms with Crippen molar-refractivity contribution in [2.24, 2.45) is 0 Å². The van der Waals surface area contributed by atoms with Crippen molar-refractivity contribution < 1.29 is 9.53 Å². The lowest BCUT2D eigenvalue weighted by atomic mass is 10.1. The number of anilines is 1. The zero-order chi connectivity index (χ0) is 14.8. The van der Waals surface area contributed by atoms with Gasteiger partial charge < -0.3 is 10.5 Å². The third-order valence-electron chi connectivity index (χ3n) is 2.89. The van der Waals surface area contributed by atoms with Gasteiger partial charge in [0, 0.05) is 12.5 Å². The normalized spacial score (nSPS) is 10.7. The number of fused-ring (bicyclic) bond motifs is 1. The summed E-state index contributed by atoms with van der Waals surface area (Å²) < 4.78 is 7.27. The number of nitrogens with zero attached hydrogens (tertiary/aromatic N) is 3. The summed E-state index contributed by atoms with van der Waals surface area (Å²) in [5.41, 5.74) is 7.18. The molecule has 0 saturated heterocycles. The number of hydrogen-bond acceptors (Lipinski definition) is 5. The maximum atomic E-state index is 11.2. The van der Waals surface area contributed by atoms with Crippen LogP contribution >= 0.6 is 0 Å². The molecule has 21 heavy (non-hydrogen) atoms. The highest BCUT2D eigenvalue weighted by molar-refractivity contribution is 5.78. The van der Waals surface area contributed by atoms with E-state index < -0.39 is 0 Å². The third kappa shape index (κ3) is 3.00. The van der Waals surface area contributed by atoms with Crippen LogP contribution in [0.4, 0.5) is 5.82 Å². The minimum Gasteiger partial charge on any atom is -0.438 e. The molecule has 0 unspecified atom stereocenters. The number of benzene rings is 1. The van der Waals surface area contributed by atoms with Crippen LogP contribution in [0.15, 0.2) is 42.6 Å². The number of nitrogens with two attached hydrogens (primary N) is 1. The summed E-state index contributed by atoms with van der Waals surface area (Å²) >= 11 is 0. The lowest BCUT2D eigenvalue weighted by Crippen LogP contribution is -1.97. The van der Waals surface area contributed by atoms with Crippen molar-refractivity contribution in [3.63, 3.8) is 0 Å². The first-order chi connectivity index (χ1) is 10.1. The Morgan fingerprint density at radius 3 is 3.00 bits per heavy atom. The summed E-state index contributed by atoms with van der Waals surface area (Å²) in [5.74, 6) is 1.58. The standard InChI is InChI=1S/C15H14N4O2/c1-10(20)7-11-3-2-4-12(8-11)21-15-6-5-14-17-13(16)9-19(14)18-15/h2-6,8-9H,7,16H2,1H3. The Morgan fingerprint density at radius 2 is 2.19 bits per heavy atom. The molecule has 2 N–H and O–H groups in total. The first kappa shape index (κ1) is 13.1. The number of carbonyl (C=O) groups excluding carboxylic acids is 1. The van der Waals surface area contributed by atoms with Crippen molar-refractivity contribution in [3.05, 3.63) is 48.2 Å². The zero-order valence-electron chi connectivity index (χ0n) is 11.5. The molecule has 0 saturated carbocycles. The van der Waals surface area contributed by atoms with E-state index in [1.165, 1.54) is 0 Å². The minimum absolute atomic E-state index is 0.112. The second-order valence-corrected chi connectivity index (χ2v) is 4.77. The molecule has 3 rings (SSSR count). The Morgan fingerprint density at radius 1 is 1.33 bits per heavy atom. The number of Topliss-reactive ketones (excluding diaryl/α,β-unsaturated/α-hetero) is 1. The minimum atomic E-state index is 0.112. The van der Waals surface area contributed by atoms with Crippen molar-refractivity contribution >= 4 is 17.2 Å². The molecule has 0 aliphatic heterocycles. The summed E-state index contributed by atoms with van der Waals surface area (Å²) in [6.45, 7) is 1.56. The first-order valence-corrected chi connectivity index (χ1v) is 6.48. The molecule has 0 amide bonds. The third-order valence-corrected chi connectivity index (χ3v) is 2.89. The van der Waals surface area contributed by atoms with Gasteiger partial charge in [0.05, 0.1) is 6.20 Å². The number of hydrogen-bond donors (Lipinski definition) is 1. The van der Waals surface area contributed by atoms with Crippen molar-refractivity contribution in [2.75, 3.05) is 5.73 Å². The molecule has 0 spiro atoms. The molecule has 0 aliphatic rings. The van der Waals surface area contributed by atoms with Crippen molar-refractivity contribution in [3.8, 4) is 11.6 Å². The predicted molar refractivity (Wildman–Crippen MR) is 78.3 cm³/mol. The lowest BCUT2D eigenvalue weighted by Gasteiger charge is -2.06. The molecular formula is C15H14N4O2. The molecule has 0 fully saturated rings. The van der Waals surface area contributed by atoms with E-state index in [2.05, 4.69) is 10.1 Å². The molecule has 6 heteroatoms. The summed E-state index contributed by atoms with van der Waals surface area (Å²) in [4.78, 5) is 15.2. The smallest absolute Gasteiger partial charge is 0.237 e. The van der Waals surface area contributed by atoms with Crippen LogP contribution in [0.3, 0.4) is 0 Å². The Balaban J connectivity index is 1.85. The molecule has 0 aliphatic carbocycles. The summed E-state index contributed by atoms with van der Waals surface area (Å²) in [6.07, 6.45) is 2.01. The number of carbonyl (C=O) groups is 1. The van der Waals surface area contributed by atoms with E-state index in [4.69, 9.17) is 10.5 Å². The monoisotopic (exact) mass is 282 g/mol. The quantitative estimate of drug-likeness (QED) is 0.793. The molecule has 0 radical (unpaired) electrons. The van der Waals surface area contributed by atoms with Crippen molar-refractivity contribution in [1.82, 2.24) is 14.6 Å². The fraction of sp³-hybridized carbons (Fsp3) is 0.133. The predicted octanol–water partition coefficient (Wildman–Crippen LogP) is 2.24. The van der Waals surface area contributed by atoms with Crippen LogP contribution in [0.5, 0.6) is 11.6 Å². The van der Waals surface area contributed by atoms with Crippen LogP contribution in [0.2, 0.25) is 0 Å². The average Bonchev–Trinajstić information content (AvgIpc) is 2.77. The maximum Gasteiger partial charge on any atom is 0.237 e. The Hall–Kier alpha value is -2.89. The van der Waals surface area contributed by atoms with E-state index in [1.807, 2.05) is 24.3 Å². The zero-order valence-corrected chi connectivity index (χ0v) is 11.5. The van der Waals surface area contributed by atoms with E-state index in [-0.39, 0.29) is 5.78 Å². The molecule has 0 atom stereocenters. The molecular weight excluding hydrogens is 268 g/mol. The summed E-state index contributed by atoms with van der Waals surface area (Å²) in [7, 11) is 0. The van der Waals surface area contributed by atoms with Crippen LogP contribution in [0.25, 0.3) is 5.65 Å². The fourth-order valence-electron chi connectivity index (χ4n) is 2.06. The van der Waals surface area contributed by atoms with Crippen LogP contribution in [-0.4, -0.2) is 20.4 Å². The van der Waals surface area contributed by atoms with Gasteiger partial charge >= 0.3 is 0 Å². The van der Waals surface area contributed by atoms with E-state index in [0.29, 0.717) is 29.5 Å². The van der Waals surface area contributed by atoms with Gasteiger partial charge in [0.15, 0.2) is 5.65 Å². The van der Waals surface area contributed by atoms with Crippen LogP contribution in [-0.2, 0) is 11.2 Å². The number of aromatic nitrogens is 3. The molecule has 3 aromatic rings. The topological polar surface area (TPSA) is 82.5 Å². The molecule has 1 aromatic carbocycles. The Labute approximate surface area is 121 Å². The van der Waals surface area contributed by atoms with Gasteiger partial charge in [-0.3, -0.25) is 4.79 Å². The lowest BCUT2D eigenvalue weighted by molar-refractivity contribution is -0.116. The van der Waals surface area contributed by atoms with Gasteiger partial charge in [-0.25, -0.2) is 9.50 Å². The Kier molecular flexibility index (Phi) is 3.27. The van der Waals surface area contributed by atoms with Gasteiger partial charge in [-0.2, -0.15) is 0 Å².